The second-order valence-corrected chi connectivity index (χ2v) is 4.34. The smallest absolute Gasteiger partial charge is 0.115 e. The highest BCUT2D eigenvalue weighted by molar-refractivity contribution is 5.61. The fourth-order valence-electron chi connectivity index (χ4n) is 2.31. The molecule has 0 spiro atoms. The van der Waals surface area contributed by atoms with E-state index in [1.165, 1.54) is 29.9 Å². The molecule has 1 aromatic heterocycles. The number of rotatable bonds is 1. The van der Waals surface area contributed by atoms with Gasteiger partial charge in [-0.3, -0.25) is 0 Å². The molecule has 2 heterocycles. The Morgan fingerprint density at radius 3 is 2.69 bits per heavy atom. The minimum absolute atomic E-state index is 1.04. The second kappa shape index (κ2) is 3.71. The normalized spacial score (nSPS) is 19.0. The maximum absolute atomic E-state index is 5.64. The van der Waals surface area contributed by atoms with Crippen LogP contribution in [-0.2, 0) is 12.8 Å². The van der Waals surface area contributed by atoms with Gasteiger partial charge in [-0.05, 0) is 37.0 Å². The molecule has 0 N–H and O–H groups in total. The second-order valence-electron chi connectivity index (χ2n) is 4.34. The summed E-state index contributed by atoms with van der Waals surface area (Å²) < 4.78 is 5.64. The van der Waals surface area contributed by atoms with E-state index in [2.05, 4.69) is 11.5 Å². The van der Waals surface area contributed by atoms with Gasteiger partial charge in [-0.2, -0.15) is 0 Å². The molecule has 2 aliphatic rings. The topological polar surface area (TPSA) is 16.4 Å². The summed E-state index contributed by atoms with van der Waals surface area (Å²) >= 11 is 0. The maximum atomic E-state index is 5.64. The lowest BCUT2D eigenvalue weighted by Crippen LogP contribution is -2.12. The molecule has 82 valence electrons. The monoisotopic (exact) mass is 213 g/mol. The summed E-state index contributed by atoms with van der Waals surface area (Å²) in [5.41, 5.74) is 3.61. The molecule has 0 amide bonds. The summed E-state index contributed by atoms with van der Waals surface area (Å²) in [6.07, 6.45) is 14.7. The third kappa shape index (κ3) is 1.51. The van der Waals surface area contributed by atoms with Gasteiger partial charge in [0.1, 0.15) is 12.0 Å². The Labute approximate surface area is 95.6 Å². The first-order chi connectivity index (χ1) is 7.84. The fraction of sp³-hybridized carbons (Fsp3) is 0.286. The van der Waals surface area contributed by atoms with Crippen LogP contribution in [0.1, 0.15) is 24.2 Å². The number of nitrogens with zero attached hydrogens (tertiary/aromatic N) is 1. The van der Waals surface area contributed by atoms with Gasteiger partial charge in [-0.1, -0.05) is 6.58 Å². The van der Waals surface area contributed by atoms with Crippen molar-refractivity contribution in [2.45, 2.75) is 25.7 Å². The predicted octanol–water partition coefficient (Wildman–Crippen LogP) is 3.56. The molecule has 0 radical (unpaired) electrons. The van der Waals surface area contributed by atoms with Crippen molar-refractivity contribution in [1.82, 2.24) is 0 Å². The molecule has 1 aliphatic heterocycles. The molecule has 3 rings (SSSR count). The van der Waals surface area contributed by atoms with Crippen LogP contribution in [0, 0.1) is 0 Å². The fourth-order valence-corrected chi connectivity index (χ4v) is 2.31. The molecule has 0 bridgehead atoms. The third-order valence-electron chi connectivity index (χ3n) is 3.22. The molecule has 2 nitrogen and oxygen atoms in total. The van der Waals surface area contributed by atoms with E-state index < -0.39 is 0 Å². The van der Waals surface area contributed by atoms with Crippen molar-refractivity contribution >= 4 is 5.69 Å². The summed E-state index contributed by atoms with van der Waals surface area (Å²) in [4.78, 5) is 2.11. The number of aryl methyl sites for hydroxylation is 1. The predicted molar refractivity (Wildman–Crippen MR) is 65.2 cm³/mol. The van der Waals surface area contributed by atoms with Crippen LogP contribution in [0.25, 0.3) is 0 Å². The van der Waals surface area contributed by atoms with Crippen LogP contribution in [-0.4, -0.2) is 0 Å². The van der Waals surface area contributed by atoms with Gasteiger partial charge < -0.3 is 9.32 Å². The summed E-state index contributed by atoms with van der Waals surface area (Å²) in [7, 11) is 0. The summed E-state index contributed by atoms with van der Waals surface area (Å²) in [6, 6.07) is 0. The zero-order valence-corrected chi connectivity index (χ0v) is 9.28. The molecule has 0 aromatic carbocycles. The van der Waals surface area contributed by atoms with E-state index in [1.54, 1.807) is 0 Å². The number of fused-ring (bicyclic) bond motifs is 1. The van der Waals surface area contributed by atoms with Crippen LogP contribution in [0.3, 0.4) is 0 Å². The number of hydrogen-bond donors (Lipinski definition) is 0. The minimum Gasteiger partial charge on any atom is -0.467 e. The number of anilines is 1. The standard InChI is InChI=1S/C14H15NO/c1-11-6-8-15(9-7-11)13-10-16-14-5-3-2-4-12(13)14/h6-10H,1-5H2. The lowest BCUT2D eigenvalue weighted by atomic mass is 9.97. The molecular formula is C14H15NO. The summed E-state index contributed by atoms with van der Waals surface area (Å²) in [5, 5.41) is 0. The molecule has 0 fully saturated rings. The maximum Gasteiger partial charge on any atom is 0.115 e. The third-order valence-corrected chi connectivity index (χ3v) is 3.22. The van der Waals surface area contributed by atoms with E-state index >= 15 is 0 Å². The minimum atomic E-state index is 1.04. The molecular weight excluding hydrogens is 198 g/mol. The molecule has 1 aromatic rings. The Bertz CT molecular complexity index is 463. The Morgan fingerprint density at radius 2 is 1.88 bits per heavy atom. The van der Waals surface area contributed by atoms with Crippen LogP contribution < -0.4 is 4.90 Å². The van der Waals surface area contributed by atoms with E-state index in [0.717, 1.165) is 18.4 Å². The lowest BCUT2D eigenvalue weighted by molar-refractivity contribution is 0.478. The Hall–Kier alpha value is -1.70. The SMILES string of the molecule is C=C1C=CN(c2coc3c2CCCC3)C=C1. The largest absolute Gasteiger partial charge is 0.467 e. The van der Waals surface area contributed by atoms with Gasteiger partial charge in [0.2, 0.25) is 0 Å². The van der Waals surface area contributed by atoms with Gasteiger partial charge >= 0.3 is 0 Å². The van der Waals surface area contributed by atoms with Crippen molar-refractivity contribution in [3.05, 3.63) is 54.3 Å². The van der Waals surface area contributed by atoms with Crippen molar-refractivity contribution in [1.29, 1.82) is 0 Å². The van der Waals surface area contributed by atoms with Crippen molar-refractivity contribution < 1.29 is 4.42 Å². The first kappa shape index (κ1) is 9.52. The van der Waals surface area contributed by atoms with E-state index in [9.17, 15) is 0 Å². The van der Waals surface area contributed by atoms with Gasteiger partial charge in [0, 0.05) is 24.4 Å². The van der Waals surface area contributed by atoms with Crippen molar-refractivity contribution in [2.75, 3.05) is 4.90 Å². The van der Waals surface area contributed by atoms with Gasteiger partial charge in [0.15, 0.2) is 0 Å². The Kier molecular flexibility index (Phi) is 2.21. The first-order valence-electron chi connectivity index (χ1n) is 5.77. The summed E-state index contributed by atoms with van der Waals surface area (Å²) in [5.74, 6) is 1.17. The van der Waals surface area contributed by atoms with Crippen LogP contribution in [0.4, 0.5) is 5.69 Å². The molecule has 0 unspecified atom stereocenters. The van der Waals surface area contributed by atoms with Crippen LogP contribution in [0.5, 0.6) is 0 Å². The zero-order chi connectivity index (χ0) is 11.0. The van der Waals surface area contributed by atoms with Gasteiger partial charge in [-0.15, -0.1) is 0 Å². The lowest BCUT2D eigenvalue weighted by Gasteiger charge is -2.20. The molecule has 1 aliphatic carbocycles. The van der Waals surface area contributed by atoms with E-state index in [-0.39, 0.29) is 0 Å². The van der Waals surface area contributed by atoms with E-state index in [1.807, 2.05) is 30.8 Å². The first-order valence-corrected chi connectivity index (χ1v) is 5.77. The average molecular weight is 213 g/mol. The quantitative estimate of drug-likeness (QED) is 0.709. The van der Waals surface area contributed by atoms with Crippen LogP contribution in [0.15, 0.2) is 47.4 Å². The van der Waals surface area contributed by atoms with Gasteiger partial charge in [0.05, 0.1) is 5.69 Å². The number of hydrogen-bond acceptors (Lipinski definition) is 2. The van der Waals surface area contributed by atoms with Crippen molar-refractivity contribution in [3.63, 3.8) is 0 Å². The molecule has 0 atom stereocenters. The van der Waals surface area contributed by atoms with E-state index in [4.69, 9.17) is 4.42 Å². The highest BCUT2D eigenvalue weighted by Crippen LogP contribution is 2.33. The average Bonchev–Trinajstić information content (AvgIpc) is 2.74. The molecule has 16 heavy (non-hydrogen) atoms. The van der Waals surface area contributed by atoms with E-state index in [0.29, 0.717) is 0 Å². The Balaban J connectivity index is 1.95. The molecule has 0 saturated carbocycles. The highest BCUT2D eigenvalue weighted by Gasteiger charge is 2.19. The van der Waals surface area contributed by atoms with Gasteiger partial charge in [0.25, 0.3) is 0 Å². The van der Waals surface area contributed by atoms with Gasteiger partial charge in [-0.25, -0.2) is 0 Å². The van der Waals surface area contributed by atoms with Crippen LogP contribution in [0.2, 0.25) is 0 Å². The zero-order valence-electron chi connectivity index (χ0n) is 9.28. The van der Waals surface area contributed by atoms with Crippen LogP contribution >= 0.6 is 0 Å². The van der Waals surface area contributed by atoms with Crippen molar-refractivity contribution in [3.8, 4) is 0 Å². The number of furan rings is 1. The Morgan fingerprint density at radius 1 is 1.12 bits per heavy atom. The highest BCUT2D eigenvalue weighted by atomic mass is 16.3. The molecule has 2 heteroatoms. The van der Waals surface area contributed by atoms with Crippen molar-refractivity contribution in [2.24, 2.45) is 0 Å². The number of allylic oxidation sites excluding steroid dienone is 3. The molecule has 0 saturated heterocycles. The summed E-state index contributed by atoms with van der Waals surface area (Å²) in [6.45, 7) is 3.89.